The second-order valence-electron chi connectivity index (χ2n) is 4.72. The molecule has 1 N–H and O–H groups in total. The molecule has 2 aromatic carbocycles. The molecule has 1 atom stereocenters. The van der Waals surface area contributed by atoms with E-state index in [0.717, 1.165) is 22.1 Å². The minimum absolute atomic E-state index is 0.0650. The highest BCUT2D eigenvalue weighted by atomic mass is 16.5. The van der Waals surface area contributed by atoms with Gasteiger partial charge in [0, 0.05) is 13.0 Å². The Hall–Kier alpha value is -2.07. The molecule has 2 rings (SSSR count). The number of benzene rings is 2. The van der Waals surface area contributed by atoms with Crippen LogP contribution in [0.15, 0.2) is 36.4 Å². The van der Waals surface area contributed by atoms with E-state index in [-0.39, 0.29) is 12.3 Å². The number of methoxy groups -OCH3 is 2. The molecular formula is C16H18O4. The second kappa shape index (κ2) is 6.39. The summed E-state index contributed by atoms with van der Waals surface area (Å²) in [6, 6.07) is 11.8. The molecule has 0 radical (unpaired) electrons. The smallest absolute Gasteiger partial charge is 0.304 e. The molecule has 0 aliphatic rings. The third-order valence-electron chi connectivity index (χ3n) is 3.33. The minimum atomic E-state index is -0.818. The molecule has 0 amide bonds. The number of ether oxygens (including phenoxy) is 2. The van der Waals surface area contributed by atoms with Gasteiger partial charge in [0.15, 0.2) is 0 Å². The fourth-order valence-corrected chi connectivity index (χ4v) is 2.31. The zero-order valence-electron chi connectivity index (χ0n) is 11.6. The van der Waals surface area contributed by atoms with Gasteiger partial charge in [-0.2, -0.15) is 0 Å². The molecule has 0 saturated heterocycles. The van der Waals surface area contributed by atoms with E-state index in [1.54, 1.807) is 14.2 Å². The Morgan fingerprint density at radius 1 is 1.15 bits per heavy atom. The van der Waals surface area contributed by atoms with Crippen LogP contribution in [0.5, 0.6) is 5.75 Å². The molecule has 0 bridgehead atoms. The molecule has 1 unspecified atom stereocenters. The summed E-state index contributed by atoms with van der Waals surface area (Å²) >= 11 is 0. The van der Waals surface area contributed by atoms with Gasteiger partial charge in [-0.05, 0) is 28.5 Å². The molecule has 4 nitrogen and oxygen atoms in total. The normalized spacial score (nSPS) is 12.3. The zero-order valence-corrected chi connectivity index (χ0v) is 11.6. The first kappa shape index (κ1) is 14.3. The highest BCUT2D eigenvalue weighted by molar-refractivity contribution is 5.84. The summed E-state index contributed by atoms with van der Waals surface area (Å²) < 4.78 is 10.3. The first-order valence-electron chi connectivity index (χ1n) is 6.42. The lowest BCUT2D eigenvalue weighted by Crippen LogP contribution is -2.11. The Balaban J connectivity index is 2.35. The predicted octanol–water partition coefficient (Wildman–Crippen LogP) is 3.05. The molecule has 0 heterocycles. The summed E-state index contributed by atoms with van der Waals surface area (Å²) in [5, 5.41) is 11.1. The van der Waals surface area contributed by atoms with Crippen molar-refractivity contribution < 1.29 is 19.4 Å². The van der Waals surface area contributed by atoms with Crippen molar-refractivity contribution in [3.8, 4) is 5.75 Å². The van der Waals surface area contributed by atoms with Gasteiger partial charge in [0.25, 0.3) is 0 Å². The van der Waals surface area contributed by atoms with E-state index in [2.05, 4.69) is 0 Å². The van der Waals surface area contributed by atoms with E-state index in [1.807, 2.05) is 36.4 Å². The van der Waals surface area contributed by atoms with Gasteiger partial charge in [0.2, 0.25) is 0 Å². The van der Waals surface area contributed by atoms with E-state index >= 15 is 0 Å². The fraction of sp³-hybridized carbons (Fsp3) is 0.312. The van der Waals surface area contributed by atoms with Gasteiger partial charge in [0.1, 0.15) is 5.75 Å². The lowest BCUT2D eigenvalue weighted by molar-refractivity contribution is -0.137. The fourth-order valence-electron chi connectivity index (χ4n) is 2.31. The summed E-state index contributed by atoms with van der Waals surface area (Å²) in [5.41, 5.74) is 0.979. The average Bonchev–Trinajstić information content (AvgIpc) is 2.45. The maximum absolute atomic E-state index is 10.9. The van der Waals surface area contributed by atoms with Crippen LogP contribution in [0.4, 0.5) is 0 Å². The summed E-state index contributed by atoms with van der Waals surface area (Å²) in [6.07, 6.45) is 0.0650. The van der Waals surface area contributed by atoms with Crippen LogP contribution in [-0.4, -0.2) is 31.9 Å². The monoisotopic (exact) mass is 274 g/mol. The molecule has 20 heavy (non-hydrogen) atoms. The standard InChI is InChI=1S/C16H18O4/c1-19-10-14(9-16(17)18)12-3-4-13-8-15(20-2)6-5-11(13)7-12/h3-8,14H,9-10H2,1-2H3,(H,17,18). The third kappa shape index (κ3) is 3.27. The van der Waals surface area contributed by atoms with Crippen molar-refractivity contribution in [2.45, 2.75) is 12.3 Å². The zero-order chi connectivity index (χ0) is 14.5. The van der Waals surface area contributed by atoms with Crippen LogP contribution >= 0.6 is 0 Å². The van der Waals surface area contributed by atoms with Gasteiger partial charge in [0.05, 0.1) is 20.1 Å². The summed E-state index contributed by atoms with van der Waals surface area (Å²) in [4.78, 5) is 10.9. The molecule has 0 aliphatic heterocycles. The van der Waals surface area contributed by atoms with Gasteiger partial charge in [-0.25, -0.2) is 0 Å². The van der Waals surface area contributed by atoms with Crippen LogP contribution in [0.1, 0.15) is 17.9 Å². The highest BCUT2D eigenvalue weighted by Crippen LogP contribution is 2.27. The molecule has 0 aromatic heterocycles. The quantitative estimate of drug-likeness (QED) is 0.879. The number of aliphatic carboxylic acids is 1. The van der Waals surface area contributed by atoms with Crippen LogP contribution in [0, 0.1) is 0 Å². The number of hydrogen-bond donors (Lipinski definition) is 1. The van der Waals surface area contributed by atoms with Gasteiger partial charge >= 0.3 is 5.97 Å². The molecule has 106 valence electrons. The van der Waals surface area contributed by atoms with Crippen LogP contribution in [0.3, 0.4) is 0 Å². The van der Waals surface area contributed by atoms with Crippen molar-refractivity contribution >= 4 is 16.7 Å². The maximum Gasteiger partial charge on any atom is 0.304 e. The van der Waals surface area contributed by atoms with Gasteiger partial charge in [-0.15, -0.1) is 0 Å². The predicted molar refractivity (Wildman–Crippen MR) is 77.4 cm³/mol. The first-order chi connectivity index (χ1) is 9.63. The van der Waals surface area contributed by atoms with Crippen molar-refractivity contribution in [3.63, 3.8) is 0 Å². The molecule has 0 fully saturated rings. The molecule has 0 aliphatic carbocycles. The van der Waals surface area contributed by atoms with Crippen LogP contribution in [0.2, 0.25) is 0 Å². The third-order valence-corrected chi connectivity index (χ3v) is 3.33. The maximum atomic E-state index is 10.9. The van der Waals surface area contributed by atoms with Crippen LogP contribution < -0.4 is 4.74 Å². The number of carboxylic acids is 1. The van der Waals surface area contributed by atoms with Crippen molar-refractivity contribution in [2.75, 3.05) is 20.8 Å². The molecular weight excluding hydrogens is 256 g/mol. The van der Waals surface area contributed by atoms with Crippen molar-refractivity contribution in [1.82, 2.24) is 0 Å². The number of carboxylic acid groups (broad SMARTS) is 1. The van der Waals surface area contributed by atoms with E-state index in [9.17, 15) is 4.79 Å². The number of fused-ring (bicyclic) bond motifs is 1. The Kier molecular flexibility index (Phi) is 4.58. The van der Waals surface area contributed by atoms with Crippen molar-refractivity contribution in [1.29, 1.82) is 0 Å². The summed E-state index contributed by atoms with van der Waals surface area (Å²) in [6.45, 7) is 0.397. The minimum Gasteiger partial charge on any atom is -0.497 e. The van der Waals surface area contributed by atoms with E-state index < -0.39 is 5.97 Å². The number of rotatable bonds is 6. The van der Waals surface area contributed by atoms with E-state index in [0.29, 0.717) is 6.61 Å². The Morgan fingerprint density at radius 2 is 1.85 bits per heavy atom. The molecule has 2 aromatic rings. The Bertz CT molecular complexity index is 606. The topological polar surface area (TPSA) is 55.8 Å². The summed E-state index contributed by atoms with van der Waals surface area (Å²) in [7, 11) is 3.22. The van der Waals surface area contributed by atoms with Crippen LogP contribution in [-0.2, 0) is 9.53 Å². The van der Waals surface area contributed by atoms with Gasteiger partial charge < -0.3 is 14.6 Å². The van der Waals surface area contributed by atoms with Crippen LogP contribution in [0.25, 0.3) is 10.8 Å². The van der Waals surface area contributed by atoms with Gasteiger partial charge in [-0.1, -0.05) is 24.3 Å². The molecule has 0 saturated carbocycles. The Labute approximate surface area is 117 Å². The van der Waals surface area contributed by atoms with Crippen molar-refractivity contribution in [2.24, 2.45) is 0 Å². The van der Waals surface area contributed by atoms with Gasteiger partial charge in [-0.3, -0.25) is 4.79 Å². The number of hydrogen-bond acceptors (Lipinski definition) is 3. The lowest BCUT2D eigenvalue weighted by atomic mass is 9.94. The highest BCUT2D eigenvalue weighted by Gasteiger charge is 2.16. The lowest BCUT2D eigenvalue weighted by Gasteiger charge is -2.15. The number of carbonyl (C=O) groups is 1. The average molecular weight is 274 g/mol. The Morgan fingerprint density at radius 3 is 2.50 bits per heavy atom. The van der Waals surface area contributed by atoms with E-state index in [1.165, 1.54) is 0 Å². The second-order valence-corrected chi connectivity index (χ2v) is 4.72. The summed E-state index contributed by atoms with van der Waals surface area (Å²) in [5.74, 6) is -0.143. The van der Waals surface area contributed by atoms with E-state index in [4.69, 9.17) is 14.6 Å². The largest absolute Gasteiger partial charge is 0.497 e. The van der Waals surface area contributed by atoms with Crippen molar-refractivity contribution in [3.05, 3.63) is 42.0 Å². The molecule has 4 heteroatoms. The first-order valence-corrected chi connectivity index (χ1v) is 6.42. The SMILES string of the molecule is COCC(CC(=O)O)c1ccc2cc(OC)ccc2c1. The molecule has 0 spiro atoms.